The summed E-state index contributed by atoms with van der Waals surface area (Å²) in [5.74, 6) is -0.166. The first-order valence-electron chi connectivity index (χ1n) is 7.78. The summed E-state index contributed by atoms with van der Waals surface area (Å²) in [7, 11) is 0. The molecule has 0 aliphatic carbocycles. The summed E-state index contributed by atoms with van der Waals surface area (Å²) >= 11 is 5.83. The first-order valence-corrected chi connectivity index (χ1v) is 8.16. The molecule has 5 nitrogen and oxygen atoms in total. The van der Waals surface area contributed by atoms with E-state index < -0.39 is 6.04 Å². The van der Waals surface area contributed by atoms with Gasteiger partial charge in [-0.1, -0.05) is 29.8 Å². The second kappa shape index (κ2) is 8.89. The van der Waals surface area contributed by atoms with Crippen LogP contribution in [0.3, 0.4) is 0 Å². The zero-order valence-electron chi connectivity index (χ0n) is 13.9. The minimum atomic E-state index is -0.487. The fourth-order valence-electron chi connectivity index (χ4n) is 2.16. The van der Waals surface area contributed by atoms with Crippen molar-refractivity contribution in [3.05, 3.63) is 71.3 Å². The van der Waals surface area contributed by atoms with Crippen LogP contribution in [0, 0.1) is 0 Å². The molecule has 2 aromatic carbocycles. The molecule has 130 valence electrons. The smallest absolute Gasteiger partial charge is 0.262 e. The molecule has 6 heteroatoms. The number of allylic oxidation sites excluding steroid dienone is 1. The summed E-state index contributed by atoms with van der Waals surface area (Å²) in [6, 6.07) is 11.9. The van der Waals surface area contributed by atoms with Crippen LogP contribution >= 0.6 is 11.6 Å². The number of benzene rings is 2. The molecule has 0 radical (unpaired) electrons. The van der Waals surface area contributed by atoms with Gasteiger partial charge in [0.05, 0.1) is 6.21 Å². The molecule has 3 N–H and O–H groups in total. The van der Waals surface area contributed by atoms with Crippen LogP contribution in [0.2, 0.25) is 5.02 Å². The van der Waals surface area contributed by atoms with Gasteiger partial charge < -0.3 is 10.4 Å². The lowest BCUT2D eigenvalue weighted by Crippen LogP contribution is -2.34. The number of carbonyl (C=O) groups excluding carboxylic acids is 1. The van der Waals surface area contributed by atoms with E-state index in [0.717, 1.165) is 11.3 Å². The summed E-state index contributed by atoms with van der Waals surface area (Å²) in [6.07, 6.45) is 3.68. The number of amides is 1. The Morgan fingerprint density at radius 2 is 2.04 bits per heavy atom. The fourth-order valence-corrected chi connectivity index (χ4v) is 2.29. The molecular formula is C19H20ClN3O2. The Bertz CT molecular complexity index is 773. The third-order valence-corrected chi connectivity index (χ3v) is 3.77. The van der Waals surface area contributed by atoms with E-state index in [1.807, 2.05) is 12.1 Å². The highest BCUT2D eigenvalue weighted by molar-refractivity contribution is 6.30. The highest BCUT2D eigenvalue weighted by Gasteiger charge is 2.11. The van der Waals surface area contributed by atoms with Crippen LogP contribution in [0.25, 0.3) is 0 Å². The molecule has 0 bridgehead atoms. The van der Waals surface area contributed by atoms with Crippen LogP contribution in [0.1, 0.15) is 18.1 Å². The Morgan fingerprint density at radius 1 is 1.32 bits per heavy atom. The standard InChI is InChI=1S/C19H20ClN3O2/c1-3-5-14-6-4-7-15(18(14)24)12-21-23-19(25)13(2)22-17-10-8-16(20)9-11-17/h3-4,6-13,22,24H,1,5H2,2H3,(H,23,25)/b21-12+. The molecule has 0 aliphatic heterocycles. The minimum absolute atomic E-state index is 0.132. The van der Waals surface area contributed by atoms with Gasteiger partial charge in [-0.25, -0.2) is 5.43 Å². The van der Waals surface area contributed by atoms with Crippen molar-refractivity contribution in [2.75, 3.05) is 5.32 Å². The Hall–Kier alpha value is -2.79. The second-order valence-electron chi connectivity index (χ2n) is 5.45. The van der Waals surface area contributed by atoms with Gasteiger partial charge in [-0.15, -0.1) is 6.58 Å². The quantitative estimate of drug-likeness (QED) is 0.401. The first-order chi connectivity index (χ1) is 12.0. The number of nitrogens with zero attached hydrogens (tertiary/aromatic N) is 1. The van der Waals surface area contributed by atoms with Gasteiger partial charge in [0.2, 0.25) is 0 Å². The number of phenolic OH excluding ortho intramolecular Hbond substituents is 1. The highest BCUT2D eigenvalue weighted by Crippen LogP contribution is 2.21. The molecular weight excluding hydrogens is 338 g/mol. The Labute approximate surface area is 152 Å². The normalized spacial score (nSPS) is 11.9. The van der Waals surface area contributed by atoms with Crippen LogP contribution in [-0.4, -0.2) is 23.3 Å². The fraction of sp³-hybridized carbons (Fsp3) is 0.158. The molecule has 1 amide bonds. The summed E-state index contributed by atoms with van der Waals surface area (Å²) in [4.78, 5) is 12.1. The maximum Gasteiger partial charge on any atom is 0.262 e. The predicted molar refractivity (Wildman–Crippen MR) is 102 cm³/mol. The van der Waals surface area contributed by atoms with Gasteiger partial charge >= 0.3 is 0 Å². The van der Waals surface area contributed by atoms with E-state index in [1.165, 1.54) is 6.21 Å². The molecule has 1 unspecified atom stereocenters. The average Bonchev–Trinajstić information content (AvgIpc) is 2.60. The van der Waals surface area contributed by atoms with E-state index in [1.54, 1.807) is 43.3 Å². The molecule has 1 atom stereocenters. The van der Waals surface area contributed by atoms with Crippen molar-refractivity contribution >= 4 is 29.4 Å². The summed E-state index contributed by atoms with van der Waals surface area (Å²) < 4.78 is 0. The lowest BCUT2D eigenvalue weighted by molar-refractivity contribution is -0.121. The maximum absolute atomic E-state index is 12.1. The van der Waals surface area contributed by atoms with Gasteiger partial charge in [-0.3, -0.25) is 4.79 Å². The Balaban J connectivity index is 1.94. The van der Waals surface area contributed by atoms with Crippen molar-refractivity contribution in [2.45, 2.75) is 19.4 Å². The van der Waals surface area contributed by atoms with Crippen LogP contribution < -0.4 is 10.7 Å². The van der Waals surface area contributed by atoms with Crippen LogP contribution in [0.15, 0.2) is 60.2 Å². The number of aromatic hydroxyl groups is 1. The van der Waals surface area contributed by atoms with Gasteiger partial charge in [0.15, 0.2) is 0 Å². The van der Waals surface area contributed by atoms with Crippen LogP contribution in [-0.2, 0) is 11.2 Å². The summed E-state index contributed by atoms with van der Waals surface area (Å²) in [6.45, 7) is 5.38. The zero-order chi connectivity index (χ0) is 18.2. The maximum atomic E-state index is 12.1. The number of phenols is 1. The van der Waals surface area contributed by atoms with E-state index in [-0.39, 0.29) is 11.7 Å². The Kier molecular flexibility index (Phi) is 6.60. The number of hydrogen-bond acceptors (Lipinski definition) is 4. The highest BCUT2D eigenvalue weighted by atomic mass is 35.5. The van der Waals surface area contributed by atoms with Gasteiger partial charge in [-0.05, 0) is 49.2 Å². The molecule has 0 fully saturated rings. The third kappa shape index (κ3) is 5.36. The van der Waals surface area contributed by atoms with Crippen LogP contribution in [0.5, 0.6) is 5.75 Å². The van der Waals surface area contributed by atoms with E-state index in [0.29, 0.717) is 17.0 Å². The van der Waals surface area contributed by atoms with Gasteiger partial charge in [-0.2, -0.15) is 5.10 Å². The molecule has 25 heavy (non-hydrogen) atoms. The van der Waals surface area contributed by atoms with E-state index >= 15 is 0 Å². The van der Waals surface area contributed by atoms with Crippen molar-refractivity contribution in [1.82, 2.24) is 5.43 Å². The number of hydrogen-bond donors (Lipinski definition) is 3. The topological polar surface area (TPSA) is 73.7 Å². The molecule has 0 saturated heterocycles. The van der Waals surface area contributed by atoms with Gasteiger partial charge in [0, 0.05) is 16.3 Å². The van der Waals surface area contributed by atoms with E-state index in [4.69, 9.17) is 11.6 Å². The van der Waals surface area contributed by atoms with E-state index in [9.17, 15) is 9.90 Å². The zero-order valence-corrected chi connectivity index (χ0v) is 14.6. The number of rotatable bonds is 7. The number of nitrogens with one attached hydrogen (secondary N) is 2. The lowest BCUT2D eigenvalue weighted by atomic mass is 10.1. The first kappa shape index (κ1) is 18.5. The molecule has 0 heterocycles. The minimum Gasteiger partial charge on any atom is -0.507 e. The van der Waals surface area contributed by atoms with E-state index in [2.05, 4.69) is 22.4 Å². The summed E-state index contributed by atoms with van der Waals surface area (Å²) in [5, 5.41) is 17.7. The summed E-state index contributed by atoms with van der Waals surface area (Å²) in [5.41, 5.74) is 4.51. The van der Waals surface area contributed by atoms with Crippen molar-refractivity contribution in [3.8, 4) is 5.75 Å². The SMILES string of the molecule is C=CCc1cccc(/C=N/NC(=O)C(C)Nc2ccc(Cl)cc2)c1O. The molecule has 2 aromatic rings. The van der Waals surface area contributed by atoms with Crippen molar-refractivity contribution in [1.29, 1.82) is 0 Å². The molecule has 0 aliphatic rings. The number of anilines is 1. The van der Waals surface area contributed by atoms with Crippen molar-refractivity contribution in [3.63, 3.8) is 0 Å². The monoisotopic (exact) mass is 357 g/mol. The number of carbonyl (C=O) groups is 1. The number of hydrazone groups is 1. The molecule has 0 spiro atoms. The number of para-hydroxylation sites is 1. The molecule has 0 saturated carbocycles. The van der Waals surface area contributed by atoms with Crippen molar-refractivity contribution in [2.24, 2.45) is 5.10 Å². The molecule has 0 aromatic heterocycles. The largest absolute Gasteiger partial charge is 0.507 e. The van der Waals surface area contributed by atoms with Gasteiger partial charge in [0.25, 0.3) is 5.91 Å². The average molecular weight is 358 g/mol. The van der Waals surface area contributed by atoms with Gasteiger partial charge in [0.1, 0.15) is 11.8 Å². The number of halogens is 1. The molecule has 2 rings (SSSR count). The van der Waals surface area contributed by atoms with Crippen molar-refractivity contribution < 1.29 is 9.90 Å². The predicted octanol–water partition coefficient (Wildman–Crippen LogP) is 3.72. The second-order valence-corrected chi connectivity index (χ2v) is 5.89. The lowest BCUT2D eigenvalue weighted by Gasteiger charge is -2.13. The van der Waals surface area contributed by atoms with Crippen LogP contribution in [0.4, 0.5) is 5.69 Å². The third-order valence-electron chi connectivity index (χ3n) is 3.51. The Morgan fingerprint density at radius 3 is 2.72 bits per heavy atom.